The van der Waals surface area contributed by atoms with Crippen molar-refractivity contribution in [2.24, 2.45) is 0 Å². The molecule has 1 fully saturated rings. The van der Waals surface area contributed by atoms with E-state index in [1.54, 1.807) is 4.90 Å². The molecule has 1 N–H and O–H groups in total. The molecule has 0 radical (unpaired) electrons. The first-order valence-electron chi connectivity index (χ1n) is 12.0. The molecule has 0 saturated carbocycles. The van der Waals surface area contributed by atoms with Crippen LogP contribution in [-0.4, -0.2) is 34.2 Å². The van der Waals surface area contributed by atoms with Gasteiger partial charge in [-0.05, 0) is 48.2 Å². The van der Waals surface area contributed by atoms with Crippen LogP contribution in [0.25, 0.3) is 11.5 Å². The Hall–Kier alpha value is -4.14. The van der Waals surface area contributed by atoms with Crippen LogP contribution in [0.3, 0.4) is 0 Å². The predicted octanol–water partition coefficient (Wildman–Crippen LogP) is 6.43. The zero-order valence-corrected chi connectivity index (χ0v) is 19.9. The summed E-state index contributed by atoms with van der Waals surface area (Å²) in [4.78, 5) is 15.1. The van der Waals surface area contributed by atoms with Crippen LogP contribution in [-0.2, 0) is 6.18 Å². The smallest absolute Gasteiger partial charge is 0.416 e. The van der Waals surface area contributed by atoms with Crippen molar-refractivity contribution in [1.29, 1.82) is 0 Å². The minimum Gasteiger partial charge on any atom is -0.420 e. The summed E-state index contributed by atoms with van der Waals surface area (Å²) in [6.07, 6.45) is -2.89. The van der Waals surface area contributed by atoms with Crippen LogP contribution in [0, 0.1) is 0 Å². The number of carbonyl (C=O) groups is 1. The lowest BCUT2D eigenvalue weighted by molar-refractivity contribution is -0.137. The van der Waals surface area contributed by atoms with Crippen molar-refractivity contribution in [1.82, 2.24) is 20.4 Å². The first-order valence-corrected chi connectivity index (χ1v) is 12.0. The molecular weight excluding hydrogens is 481 g/mol. The summed E-state index contributed by atoms with van der Waals surface area (Å²) in [7, 11) is 0. The highest BCUT2D eigenvalue weighted by Gasteiger charge is 2.31. The van der Waals surface area contributed by atoms with Gasteiger partial charge in [-0.1, -0.05) is 60.7 Å². The number of nitrogens with one attached hydrogen (secondary N) is 1. The molecule has 1 aliphatic heterocycles. The van der Waals surface area contributed by atoms with Crippen LogP contribution < -0.4 is 5.32 Å². The average molecular weight is 507 g/mol. The van der Waals surface area contributed by atoms with E-state index < -0.39 is 11.7 Å². The average Bonchev–Trinajstić information content (AvgIpc) is 3.43. The maximum absolute atomic E-state index is 13.3. The number of benzene rings is 3. The first-order chi connectivity index (χ1) is 17.9. The molecule has 0 bridgehead atoms. The minimum absolute atomic E-state index is 0.151. The number of rotatable bonds is 5. The van der Waals surface area contributed by atoms with Crippen LogP contribution >= 0.6 is 0 Å². The summed E-state index contributed by atoms with van der Waals surface area (Å²) in [5.41, 5.74) is 1.63. The zero-order valence-electron chi connectivity index (χ0n) is 19.9. The topological polar surface area (TPSA) is 71.3 Å². The van der Waals surface area contributed by atoms with Gasteiger partial charge in [-0.2, -0.15) is 13.2 Å². The minimum atomic E-state index is -4.41. The number of halogens is 3. The van der Waals surface area contributed by atoms with E-state index in [0.29, 0.717) is 24.5 Å². The normalized spacial score (nSPS) is 16.1. The van der Waals surface area contributed by atoms with Gasteiger partial charge in [0.05, 0.1) is 17.5 Å². The monoisotopic (exact) mass is 506 g/mol. The van der Waals surface area contributed by atoms with E-state index in [2.05, 4.69) is 15.5 Å². The molecule has 1 aliphatic rings. The fourth-order valence-electron chi connectivity index (χ4n) is 4.55. The molecule has 190 valence electrons. The van der Waals surface area contributed by atoms with Crippen molar-refractivity contribution in [3.05, 3.63) is 108 Å². The van der Waals surface area contributed by atoms with Gasteiger partial charge >= 0.3 is 12.2 Å². The molecular formula is C28H25F3N4O2. The van der Waals surface area contributed by atoms with Gasteiger partial charge in [0, 0.05) is 18.7 Å². The van der Waals surface area contributed by atoms with E-state index in [1.165, 1.54) is 12.1 Å². The third kappa shape index (κ3) is 5.66. The summed E-state index contributed by atoms with van der Waals surface area (Å²) in [5, 5.41) is 11.3. The fraction of sp³-hybridized carbons (Fsp3) is 0.250. The van der Waals surface area contributed by atoms with Gasteiger partial charge in [-0.3, -0.25) is 0 Å². The van der Waals surface area contributed by atoms with Crippen molar-refractivity contribution in [3.8, 4) is 11.5 Å². The van der Waals surface area contributed by atoms with Crippen molar-refractivity contribution < 1.29 is 22.4 Å². The summed E-state index contributed by atoms with van der Waals surface area (Å²) in [6.45, 7) is 0.995. The van der Waals surface area contributed by atoms with Crippen molar-refractivity contribution in [3.63, 3.8) is 0 Å². The van der Waals surface area contributed by atoms with E-state index in [-0.39, 0.29) is 23.9 Å². The lowest BCUT2D eigenvalue weighted by Crippen LogP contribution is -2.46. The van der Waals surface area contributed by atoms with Crippen LogP contribution in [0.5, 0.6) is 0 Å². The molecule has 2 heterocycles. The number of aromatic nitrogens is 2. The van der Waals surface area contributed by atoms with E-state index in [9.17, 15) is 18.0 Å². The van der Waals surface area contributed by atoms with E-state index in [1.807, 2.05) is 60.7 Å². The molecule has 37 heavy (non-hydrogen) atoms. The molecule has 4 aromatic rings. The largest absolute Gasteiger partial charge is 0.420 e. The number of amides is 2. The van der Waals surface area contributed by atoms with Gasteiger partial charge in [0.15, 0.2) is 0 Å². The highest BCUT2D eigenvalue weighted by molar-refractivity contribution is 5.75. The van der Waals surface area contributed by atoms with Crippen molar-refractivity contribution in [2.45, 2.75) is 31.0 Å². The molecule has 1 saturated heterocycles. The number of likely N-dealkylation sites (tertiary alicyclic amines) is 1. The highest BCUT2D eigenvalue weighted by atomic mass is 19.4. The van der Waals surface area contributed by atoms with Gasteiger partial charge in [0.25, 0.3) is 0 Å². The van der Waals surface area contributed by atoms with E-state index in [4.69, 9.17) is 4.42 Å². The maximum Gasteiger partial charge on any atom is 0.416 e. The Labute approximate surface area is 212 Å². The molecule has 3 aromatic carbocycles. The third-order valence-electron chi connectivity index (χ3n) is 6.49. The van der Waals surface area contributed by atoms with Gasteiger partial charge in [-0.25, -0.2) is 4.79 Å². The fourth-order valence-corrected chi connectivity index (χ4v) is 4.55. The predicted molar refractivity (Wildman–Crippen MR) is 132 cm³/mol. The molecule has 9 heteroatoms. The highest BCUT2D eigenvalue weighted by Crippen LogP contribution is 2.32. The Morgan fingerprint density at radius 1 is 0.919 bits per heavy atom. The molecule has 1 unspecified atom stereocenters. The Morgan fingerprint density at radius 2 is 1.54 bits per heavy atom. The number of piperidine rings is 1. The third-order valence-corrected chi connectivity index (χ3v) is 6.49. The second-order valence-corrected chi connectivity index (χ2v) is 9.01. The molecule has 0 aliphatic carbocycles. The lowest BCUT2D eigenvalue weighted by Gasteiger charge is -2.32. The Kier molecular flexibility index (Phi) is 6.94. The van der Waals surface area contributed by atoms with Crippen molar-refractivity contribution in [2.75, 3.05) is 13.1 Å². The second kappa shape index (κ2) is 10.5. The number of hydrogen-bond donors (Lipinski definition) is 1. The van der Waals surface area contributed by atoms with Crippen LogP contribution in [0.1, 0.15) is 47.4 Å². The second-order valence-electron chi connectivity index (χ2n) is 9.01. The zero-order chi connectivity index (χ0) is 25.8. The van der Waals surface area contributed by atoms with Gasteiger partial charge < -0.3 is 14.6 Å². The molecule has 1 aromatic heterocycles. The number of nitrogens with zero attached hydrogens (tertiary/aromatic N) is 3. The van der Waals surface area contributed by atoms with Gasteiger partial charge in [0.1, 0.15) is 0 Å². The van der Waals surface area contributed by atoms with E-state index >= 15 is 0 Å². The SMILES string of the molecule is O=C(NC(c1ccccc1)c1ccccc1)N1CCCC(c2nnc(-c3ccc(C(F)(F)F)cc3)o2)C1. The number of urea groups is 1. The van der Waals surface area contributed by atoms with Crippen LogP contribution in [0.4, 0.5) is 18.0 Å². The summed E-state index contributed by atoms with van der Waals surface area (Å²) < 4.78 is 44.4. The Bertz CT molecular complexity index is 1290. The number of hydrogen-bond acceptors (Lipinski definition) is 4. The number of carbonyl (C=O) groups excluding carboxylic acids is 1. The summed E-state index contributed by atoms with van der Waals surface area (Å²) in [5.74, 6) is 0.357. The molecule has 6 nitrogen and oxygen atoms in total. The molecule has 5 rings (SSSR count). The van der Waals surface area contributed by atoms with E-state index in [0.717, 1.165) is 36.1 Å². The lowest BCUT2D eigenvalue weighted by atomic mass is 9.97. The summed E-state index contributed by atoms with van der Waals surface area (Å²) in [6, 6.07) is 23.7. The Morgan fingerprint density at radius 3 is 2.14 bits per heavy atom. The Balaban J connectivity index is 1.29. The molecule has 0 spiro atoms. The van der Waals surface area contributed by atoms with Crippen LogP contribution in [0.15, 0.2) is 89.3 Å². The van der Waals surface area contributed by atoms with Crippen molar-refractivity contribution >= 4 is 6.03 Å². The quantitative estimate of drug-likeness (QED) is 0.338. The molecule has 1 atom stereocenters. The van der Waals surface area contributed by atoms with Crippen LogP contribution in [0.2, 0.25) is 0 Å². The summed E-state index contributed by atoms with van der Waals surface area (Å²) >= 11 is 0. The first kappa shape index (κ1) is 24.5. The van der Waals surface area contributed by atoms with Gasteiger partial charge in [-0.15, -0.1) is 10.2 Å². The number of alkyl halides is 3. The molecule has 2 amide bonds. The standard InChI is InChI=1S/C28H25F3N4O2/c29-28(30,31)23-15-13-21(14-16-23)25-33-34-26(37-25)22-12-7-17-35(18-22)27(36)32-24(19-8-3-1-4-9-19)20-10-5-2-6-11-20/h1-6,8-11,13-16,22,24H,7,12,17-18H2,(H,32,36). The maximum atomic E-state index is 13.3. The van der Waals surface area contributed by atoms with Gasteiger partial charge in [0.2, 0.25) is 11.8 Å².